The number of anilines is 2. The zero-order valence-electron chi connectivity index (χ0n) is 17.6. The lowest BCUT2D eigenvalue weighted by atomic mass is 9.77. The van der Waals surface area contributed by atoms with Gasteiger partial charge in [0.15, 0.2) is 0 Å². The second kappa shape index (κ2) is 8.55. The van der Waals surface area contributed by atoms with Gasteiger partial charge in [-0.3, -0.25) is 4.72 Å². The lowest BCUT2D eigenvalue weighted by Crippen LogP contribution is -2.29. The van der Waals surface area contributed by atoms with Crippen LogP contribution >= 0.6 is 34.8 Å². The Hall–Kier alpha value is -2.18. The molecule has 1 aliphatic heterocycles. The summed E-state index contributed by atoms with van der Waals surface area (Å²) in [7, 11) is -3.78. The largest absolute Gasteiger partial charge is 0.378 e. The number of sulfonamides is 1. The van der Waals surface area contributed by atoms with E-state index in [1.165, 1.54) is 0 Å². The highest BCUT2D eigenvalue weighted by molar-refractivity contribution is 7.92. The Morgan fingerprint density at radius 2 is 1.79 bits per heavy atom. The summed E-state index contributed by atoms with van der Waals surface area (Å²) in [5, 5.41) is 5.12. The van der Waals surface area contributed by atoms with Crippen molar-refractivity contribution < 1.29 is 8.42 Å². The molecule has 2 aliphatic rings. The van der Waals surface area contributed by atoms with Gasteiger partial charge in [-0.1, -0.05) is 59.1 Å². The molecule has 0 spiro atoms. The maximum Gasteiger partial charge on any atom is 0.261 e. The van der Waals surface area contributed by atoms with Gasteiger partial charge in [-0.2, -0.15) is 0 Å². The average Bonchev–Trinajstić information content (AvgIpc) is 3.27. The van der Waals surface area contributed by atoms with Gasteiger partial charge in [0.1, 0.15) is 0 Å². The van der Waals surface area contributed by atoms with Crippen molar-refractivity contribution in [3.63, 3.8) is 0 Å². The van der Waals surface area contributed by atoms with Crippen LogP contribution in [0.4, 0.5) is 11.4 Å². The van der Waals surface area contributed by atoms with Gasteiger partial charge in [-0.05, 0) is 78.4 Å². The van der Waals surface area contributed by atoms with E-state index in [9.17, 15) is 8.42 Å². The van der Waals surface area contributed by atoms with E-state index < -0.39 is 10.0 Å². The molecule has 0 fully saturated rings. The molecule has 0 radical (unpaired) electrons. The van der Waals surface area contributed by atoms with Crippen molar-refractivity contribution in [3.05, 3.63) is 98.5 Å². The molecule has 3 atom stereocenters. The van der Waals surface area contributed by atoms with Crippen LogP contribution in [0.3, 0.4) is 0 Å². The normalized spacial score (nSPS) is 21.3. The van der Waals surface area contributed by atoms with Crippen LogP contribution in [0.25, 0.3) is 0 Å². The van der Waals surface area contributed by atoms with Crippen molar-refractivity contribution >= 4 is 56.2 Å². The summed E-state index contributed by atoms with van der Waals surface area (Å²) in [6, 6.07) is 16.1. The Bertz CT molecular complexity index is 1390. The monoisotopic (exact) mass is 518 g/mol. The Balaban J connectivity index is 1.50. The highest BCUT2D eigenvalue weighted by atomic mass is 35.5. The van der Waals surface area contributed by atoms with Gasteiger partial charge in [-0.15, -0.1) is 0 Å². The molecular formula is C25H21Cl3N2O2S. The molecule has 0 amide bonds. The number of hydrogen-bond acceptors (Lipinski definition) is 3. The molecule has 4 nitrogen and oxygen atoms in total. The van der Waals surface area contributed by atoms with Gasteiger partial charge in [-0.25, -0.2) is 8.42 Å². The average molecular weight is 520 g/mol. The maximum absolute atomic E-state index is 13.2. The summed E-state index contributed by atoms with van der Waals surface area (Å²) >= 11 is 18.5. The summed E-state index contributed by atoms with van der Waals surface area (Å²) < 4.78 is 29.0. The van der Waals surface area contributed by atoms with Crippen LogP contribution in [-0.2, 0) is 10.0 Å². The van der Waals surface area contributed by atoms with Crippen LogP contribution in [0.2, 0.25) is 15.1 Å². The fourth-order valence-electron chi connectivity index (χ4n) is 4.68. The Kier molecular flexibility index (Phi) is 5.86. The van der Waals surface area contributed by atoms with Gasteiger partial charge in [0, 0.05) is 16.6 Å². The van der Waals surface area contributed by atoms with Crippen LogP contribution in [-0.4, -0.2) is 8.42 Å². The summed E-state index contributed by atoms with van der Waals surface area (Å²) in [4.78, 5) is 0.217. The van der Waals surface area contributed by atoms with E-state index in [1.807, 2.05) is 31.2 Å². The molecule has 0 unspecified atom stereocenters. The minimum absolute atomic E-state index is 0.0435. The molecule has 0 saturated heterocycles. The number of hydrogen-bond donors (Lipinski definition) is 2. The number of halogens is 3. The summed E-state index contributed by atoms with van der Waals surface area (Å²) in [6.07, 6.45) is 5.21. The molecule has 3 aromatic rings. The van der Waals surface area contributed by atoms with Crippen LogP contribution in [0, 0.1) is 12.8 Å². The molecule has 170 valence electrons. The lowest BCUT2D eigenvalue weighted by molar-refractivity contribution is 0.425. The third kappa shape index (κ3) is 4.24. The van der Waals surface area contributed by atoms with E-state index in [2.05, 4.69) is 22.2 Å². The van der Waals surface area contributed by atoms with Gasteiger partial charge in [0.25, 0.3) is 10.0 Å². The van der Waals surface area contributed by atoms with Crippen molar-refractivity contribution in [3.8, 4) is 0 Å². The maximum atomic E-state index is 13.2. The van der Waals surface area contributed by atoms with Gasteiger partial charge in [0.2, 0.25) is 0 Å². The first-order valence-corrected chi connectivity index (χ1v) is 13.2. The highest BCUT2D eigenvalue weighted by Crippen LogP contribution is 2.50. The molecule has 5 rings (SSSR count). The van der Waals surface area contributed by atoms with Crippen molar-refractivity contribution in [2.24, 2.45) is 5.92 Å². The SMILES string of the molecule is Cc1ccc(Cl)cc1NS(=O)(=O)c1ccc2c(c1)[C@H]1C=CC[C@H]1[C@@H](c1ccc(Cl)c(Cl)c1)N2. The van der Waals surface area contributed by atoms with E-state index >= 15 is 0 Å². The summed E-state index contributed by atoms with van der Waals surface area (Å²) in [5.41, 5.74) is 4.21. The van der Waals surface area contributed by atoms with Crippen LogP contribution in [0.15, 0.2) is 71.6 Å². The first-order valence-electron chi connectivity index (χ1n) is 10.5. The molecule has 1 aliphatic carbocycles. The number of allylic oxidation sites excluding steroid dienone is 2. The van der Waals surface area contributed by atoms with Gasteiger partial charge >= 0.3 is 0 Å². The standard InChI is InChI=1S/C25H21Cl3N2O2S/c1-14-5-7-16(26)12-24(14)30-33(31,32)17-8-10-23-20(13-17)18-3-2-4-19(18)25(29-23)15-6-9-21(27)22(28)11-15/h2-3,5-13,18-19,25,29-30H,4H2,1H3/t18-,19+,25+/m0/s1. The number of aryl methyl sites for hydroxylation is 1. The van der Waals surface area contributed by atoms with Crippen molar-refractivity contribution in [1.82, 2.24) is 0 Å². The van der Waals surface area contributed by atoms with Gasteiger partial charge in [0.05, 0.1) is 26.7 Å². The number of rotatable bonds is 4. The Labute approximate surface area is 208 Å². The van der Waals surface area contributed by atoms with E-state index in [0.717, 1.165) is 28.8 Å². The van der Waals surface area contributed by atoms with Crippen molar-refractivity contribution in [2.45, 2.75) is 30.2 Å². The second-order valence-electron chi connectivity index (χ2n) is 8.46. The minimum Gasteiger partial charge on any atom is -0.378 e. The van der Waals surface area contributed by atoms with Crippen molar-refractivity contribution in [2.75, 3.05) is 10.0 Å². The molecule has 0 bridgehead atoms. The molecule has 33 heavy (non-hydrogen) atoms. The quantitative estimate of drug-likeness (QED) is 0.349. The molecule has 8 heteroatoms. The first kappa shape index (κ1) is 22.6. The third-order valence-corrected chi connectivity index (χ3v) is 8.73. The van der Waals surface area contributed by atoms with Gasteiger partial charge < -0.3 is 5.32 Å². The van der Waals surface area contributed by atoms with E-state index in [1.54, 1.807) is 30.3 Å². The van der Waals surface area contributed by atoms with Crippen LogP contribution < -0.4 is 10.0 Å². The van der Waals surface area contributed by atoms with E-state index in [4.69, 9.17) is 34.8 Å². The topological polar surface area (TPSA) is 58.2 Å². The van der Waals surface area contributed by atoms with Crippen molar-refractivity contribution in [1.29, 1.82) is 0 Å². The Morgan fingerprint density at radius 1 is 0.970 bits per heavy atom. The molecule has 0 saturated carbocycles. The smallest absolute Gasteiger partial charge is 0.261 e. The zero-order chi connectivity index (χ0) is 23.3. The first-order chi connectivity index (χ1) is 15.7. The molecule has 2 N–H and O–H groups in total. The summed E-state index contributed by atoms with van der Waals surface area (Å²) in [5.74, 6) is 0.347. The second-order valence-corrected chi connectivity index (χ2v) is 11.4. The molecule has 0 aromatic heterocycles. The number of benzene rings is 3. The fourth-order valence-corrected chi connectivity index (χ4v) is 6.32. The van der Waals surface area contributed by atoms with Crippen LogP contribution in [0.5, 0.6) is 0 Å². The molecular weight excluding hydrogens is 499 g/mol. The molecule has 3 aromatic carbocycles. The van der Waals surface area contributed by atoms with Crippen LogP contribution in [0.1, 0.15) is 35.1 Å². The minimum atomic E-state index is -3.78. The summed E-state index contributed by atoms with van der Waals surface area (Å²) in [6.45, 7) is 1.84. The predicted molar refractivity (Wildman–Crippen MR) is 136 cm³/mol. The number of nitrogens with one attached hydrogen (secondary N) is 2. The van der Waals surface area contributed by atoms with E-state index in [-0.39, 0.29) is 22.8 Å². The predicted octanol–water partition coefficient (Wildman–Crippen LogP) is 7.58. The highest BCUT2D eigenvalue weighted by Gasteiger charge is 2.38. The van der Waals surface area contributed by atoms with E-state index in [0.29, 0.717) is 20.8 Å². The fraction of sp³-hybridized carbons (Fsp3) is 0.200. The Morgan fingerprint density at radius 3 is 2.58 bits per heavy atom. The lowest BCUT2D eigenvalue weighted by Gasteiger charge is -2.37. The third-order valence-electron chi connectivity index (χ3n) is 6.39. The zero-order valence-corrected chi connectivity index (χ0v) is 20.7. The molecule has 1 heterocycles. The number of fused-ring (bicyclic) bond motifs is 3.